The van der Waals surface area contributed by atoms with Crippen LogP contribution in [-0.4, -0.2) is 48.0 Å². The quantitative estimate of drug-likeness (QED) is 0.117. The van der Waals surface area contributed by atoms with Crippen molar-refractivity contribution >= 4 is 57.8 Å². The fraction of sp³-hybridized carbons (Fsp3) is 0.409. The molecule has 0 heterocycles. The highest BCUT2D eigenvalue weighted by Crippen LogP contribution is 2.43. The number of nitrogens with zero attached hydrogens (tertiary/aromatic N) is 3. The van der Waals surface area contributed by atoms with E-state index in [-0.39, 0.29) is 25.6 Å². The second kappa shape index (κ2) is 15.4. The fourth-order valence-electron chi connectivity index (χ4n) is 3.01. The van der Waals surface area contributed by atoms with E-state index < -0.39 is 44.6 Å². The molecule has 16 heteroatoms. The normalized spacial score (nSPS) is 10.7. The highest BCUT2D eigenvalue weighted by Gasteiger charge is 2.39. The van der Waals surface area contributed by atoms with E-state index >= 15 is 0 Å². The molecule has 210 valence electrons. The predicted molar refractivity (Wildman–Crippen MR) is 137 cm³/mol. The Morgan fingerprint density at radius 3 is 2.03 bits per heavy atom. The van der Waals surface area contributed by atoms with Crippen molar-refractivity contribution in [1.82, 2.24) is 0 Å². The van der Waals surface area contributed by atoms with Crippen molar-refractivity contribution in [3.8, 4) is 5.75 Å². The highest BCUT2D eigenvalue weighted by molar-refractivity contribution is 6.35. The average Bonchev–Trinajstić information content (AvgIpc) is 2.82. The minimum atomic E-state index is -4.93. The van der Waals surface area contributed by atoms with Gasteiger partial charge in [0, 0.05) is 36.1 Å². The molecule has 0 radical (unpaired) electrons. The van der Waals surface area contributed by atoms with Gasteiger partial charge < -0.3 is 14.4 Å². The lowest BCUT2D eigenvalue weighted by Gasteiger charge is -2.23. The van der Waals surface area contributed by atoms with Crippen molar-refractivity contribution in [2.45, 2.75) is 26.4 Å². The standard InChI is InChI=1S/C12H13ClF3N3O4.C10H10Cl2O3/c1-2-4-17(5-3-13)11-9(18(20)21)6-8(12(14,15)16)7-10(11)19(22)23;1-2-14-10(13)6-15-9-4-3-7(11)5-8(9)12/h6-7H,2-5H2,1H3;3-5H,2,6H2,1H3. The van der Waals surface area contributed by atoms with Crippen LogP contribution in [0.3, 0.4) is 0 Å². The van der Waals surface area contributed by atoms with Crippen molar-refractivity contribution in [3.05, 3.63) is 66.2 Å². The van der Waals surface area contributed by atoms with Gasteiger partial charge >= 0.3 is 12.1 Å². The first-order valence-electron chi connectivity index (χ1n) is 10.8. The van der Waals surface area contributed by atoms with Gasteiger partial charge in [-0.1, -0.05) is 30.1 Å². The third kappa shape index (κ3) is 10.0. The number of ether oxygens (including phenoxy) is 2. The second-order valence-electron chi connectivity index (χ2n) is 7.22. The van der Waals surface area contributed by atoms with E-state index in [4.69, 9.17) is 44.3 Å². The maximum atomic E-state index is 12.8. The molecule has 0 bridgehead atoms. The number of nitro benzene ring substituents is 2. The third-order valence-corrected chi connectivity index (χ3v) is 5.20. The lowest BCUT2D eigenvalue weighted by atomic mass is 10.1. The molecule has 38 heavy (non-hydrogen) atoms. The van der Waals surface area contributed by atoms with Crippen molar-refractivity contribution in [2.24, 2.45) is 0 Å². The summed E-state index contributed by atoms with van der Waals surface area (Å²) in [6, 6.07) is 5.39. The van der Waals surface area contributed by atoms with Crippen LogP contribution in [0.4, 0.5) is 30.2 Å². The van der Waals surface area contributed by atoms with E-state index in [2.05, 4.69) is 0 Å². The molecule has 2 aromatic carbocycles. The van der Waals surface area contributed by atoms with Crippen LogP contribution in [-0.2, 0) is 15.7 Å². The summed E-state index contributed by atoms with van der Waals surface area (Å²) in [6.45, 7) is 3.84. The third-order valence-electron chi connectivity index (χ3n) is 4.50. The summed E-state index contributed by atoms with van der Waals surface area (Å²) >= 11 is 17.1. The molecule has 0 unspecified atom stereocenters. The number of anilines is 1. The summed E-state index contributed by atoms with van der Waals surface area (Å²) in [5, 5.41) is 23.2. The van der Waals surface area contributed by atoms with Gasteiger partial charge in [-0.15, -0.1) is 11.6 Å². The fourth-order valence-corrected chi connectivity index (χ4v) is 3.68. The molecule has 0 saturated carbocycles. The lowest BCUT2D eigenvalue weighted by molar-refractivity contribution is -0.393. The first-order valence-corrected chi connectivity index (χ1v) is 12.1. The van der Waals surface area contributed by atoms with E-state index in [1.165, 1.54) is 4.90 Å². The number of hydrogen-bond acceptors (Lipinski definition) is 8. The number of carbonyl (C=O) groups is 1. The second-order valence-corrected chi connectivity index (χ2v) is 8.44. The SMILES string of the molecule is CCCN(CCCl)c1c([N+](=O)[O-])cc(C(F)(F)F)cc1[N+](=O)[O-].CCOC(=O)COc1ccc(Cl)cc1Cl. The first-order chi connectivity index (χ1) is 17.8. The molecule has 0 aliphatic heterocycles. The van der Waals surface area contributed by atoms with Crippen molar-refractivity contribution in [1.29, 1.82) is 0 Å². The van der Waals surface area contributed by atoms with Gasteiger partial charge in [0.25, 0.3) is 11.4 Å². The Kier molecular flexibility index (Phi) is 13.4. The Morgan fingerprint density at radius 2 is 1.61 bits per heavy atom. The van der Waals surface area contributed by atoms with E-state index in [1.807, 2.05) is 0 Å². The predicted octanol–water partition coefficient (Wildman–Crippen LogP) is 6.91. The number of halogens is 6. The van der Waals surface area contributed by atoms with Crippen molar-refractivity contribution < 1.29 is 37.3 Å². The van der Waals surface area contributed by atoms with E-state index in [0.29, 0.717) is 41.0 Å². The average molecular weight is 605 g/mol. The van der Waals surface area contributed by atoms with Crippen LogP contribution < -0.4 is 9.64 Å². The van der Waals surface area contributed by atoms with Crippen LogP contribution in [0.2, 0.25) is 10.0 Å². The molecule has 0 N–H and O–H groups in total. The van der Waals surface area contributed by atoms with Gasteiger partial charge in [0.2, 0.25) is 0 Å². The number of carbonyl (C=O) groups excluding carboxylic acids is 1. The largest absolute Gasteiger partial charge is 0.480 e. The van der Waals surface area contributed by atoms with Crippen LogP contribution in [0.1, 0.15) is 25.8 Å². The van der Waals surface area contributed by atoms with Gasteiger partial charge in [-0.25, -0.2) is 4.79 Å². The monoisotopic (exact) mass is 603 g/mol. The molecular formula is C22H23Cl3F3N3O7. The molecule has 0 aliphatic carbocycles. The van der Waals surface area contributed by atoms with E-state index in [1.54, 1.807) is 32.0 Å². The van der Waals surface area contributed by atoms with Gasteiger partial charge in [-0.05, 0) is 31.5 Å². The number of alkyl halides is 4. The number of esters is 1. The molecule has 0 amide bonds. The van der Waals surface area contributed by atoms with Gasteiger partial charge in [-0.2, -0.15) is 13.2 Å². The number of benzene rings is 2. The smallest absolute Gasteiger partial charge is 0.416 e. The number of rotatable bonds is 11. The van der Waals surface area contributed by atoms with Crippen LogP contribution >= 0.6 is 34.8 Å². The van der Waals surface area contributed by atoms with Crippen LogP contribution in [0.15, 0.2) is 30.3 Å². The Labute approximate surface area is 230 Å². The zero-order valence-corrected chi connectivity index (χ0v) is 22.4. The molecule has 0 spiro atoms. The van der Waals surface area contributed by atoms with Gasteiger partial charge in [0.15, 0.2) is 12.3 Å². The summed E-state index contributed by atoms with van der Waals surface area (Å²) < 4.78 is 48.3. The summed E-state index contributed by atoms with van der Waals surface area (Å²) in [5.74, 6) is -0.00682. The number of hydrogen-bond donors (Lipinski definition) is 0. The molecule has 0 aliphatic rings. The van der Waals surface area contributed by atoms with E-state index in [9.17, 15) is 38.2 Å². The number of nitro groups is 2. The summed E-state index contributed by atoms with van der Waals surface area (Å²) in [5.41, 5.74) is -3.84. The molecule has 0 fully saturated rings. The van der Waals surface area contributed by atoms with Crippen LogP contribution in [0.25, 0.3) is 0 Å². The summed E-state index contributed by atoms with van der Waals surface area (Å²) in [4.78, 5) is 32.4. The Morgan fingerprint density at radius 1 is 1.03 bits per heavy atom. The Balaban J connectivity index is 0.000000415. The van der Waals surface area contributed by atoms with Gasteiger partial charge in [0.1, 0.15) is 5.75 Å². The Hall–Kier alpha value is -3.03. The Bertz CT molecular complexity index is 1100. The lowest BCUT2D eigenvalue weighted by Crippen LogP contribution is -2.28. The van der Waals surface area contributed by atoms with Crippen LogP contribution in [0, 0.1) is 20.2 Å². The molecule has 2 aromatic rings. The molecule has 0 aromatic heterocycles. The van der Waals surface area contributed by atoms with Crippen LogP contribution in [0.5, 0.6) is 5.75 Å². The maximum absolute atomic E-state index is 12.8. The highest BCUT2D eigenvalue weighted by atomic mass is 35.5. The van der Waals surface area contributed by atoms with Gasteiger partial charge in [-0.3, -0.25) is 20.2 Å². The molecular weight excluding hydrogens is 582 g/mol. The topological polar surface area (TPSA) is 125 Å². The summed E-state index contributed by atoms with van der Waals surface area (Å²) in [6.07, 6.45) is -4.46. The van der Waals surface area contributed by atoms with Crippen molar-refractivity contribution in [2.75, 3.05) is 37.1 Å². The molecule has 0 saturated heterocycles. The van der Waals surface area contributed by atoms with Gasteiger partial charge in [0.05, 0.1) is 27.0 Å². The van der Waals surface area contributed by atoms with Crippen molar-refractivity contribution in [3.63, 3.8) is 0 Å². The minimum Gasteiger partial charge on any atom is -0.480 e. The molecule has 0 atom stereocenters. The molecule has 2 rings (SSSR count). The zero-order valence-electron chi connectivity index (χ0n) is 20.1. The maximum Gasteiger partial charge on any atom is 0.416 e. The zero-order chi connectivity index (χ0) is 29.0. The minimum absolute atomic E-state index is 0.00926. The molecule has 10 nitrogen and oxygen atoms in total. The first kappa shape index (κ1) is 33.0. The van der Waals surface area contributed by atoms with E-state index in [0.717, 1.165) is 0 Å². The summed E-state index contributed by atoms with van der Waals surface area (Å²) in [7, 11) is 0.